The van der Waals surface area contributed by atoms with Gasteiger partial charge in [-0.1, -0.05) is 5.21 Å². The van der Waals surface area contributed by atoms with Crippen molar-refractivity contribution in [3.05, 3.63) is 22.5 Å². The number of nitrogens with zero attached hydrogens (tertiary/aromatic N) is 8. The summed E-state index contributed by atoms with van der Waals surface area (Å²) in [6, 6.07) is 0. The molecule has 46 heavy (non-hydrogen) atoms. The number of nitrogens with one attached hydrogen (secondary N) is 1. The van der Waals surface area contributed by atoms with Crippen molar-refractivity contribution in [2.24, 2.45) is 0 Å². The number of rotatable bonds is 2. The van der Waals surface area contributed by atoms with E-state index in [1.165, 1.54) is 6.92 Å². The highest BCUT2D eigenvalue weighted by atomic mass is 32.5. The molecule has 7 rings (SSSR count). The van der Waals surface area contributed by atoms with Crippen molar-refractivity contribution in [3.63, 3.8) is 0 Å². The lowest BCUT2D eigenvalue weighted by atomic mass is 10.1. The number of nitrogen functional groups attached to an aromatic ring is 2. The van der Waals surface area contributed by atoms with E-state index in [0.717, 1.165) is 15.6 Å². The minimum Gasteiger partial charge on any atom is -0.382 e. The molecule has 26 heteroatoms. The quantitative estimate of drug-likeness (QED) is 0.163. The number of hydrogen-bond donors (Lipinski definition) is 5. The third kappa shape index (κ3) is 5.48. The van der Waals surface area contributed by atoms with Crippen LogP contribution in [0.1, 0.15) is 18.3 Å². The number of aryl methyl sites for hydroxylation is 1. The second-order valence-corrected chi connectivity index (χ2v) is 14.5. The summed E-state index contributed by atoms with van der Waals surface area (Å²) in [5.41, 5.74) is 10.5. The first-order valence-electron chi connectivity index (χ1n) is 13.2. The van der Waals surface area contributed by atoms with Gasteiger partial charge in [0.25, 0.3) is 5.56 Å². The summed E-state index contributed by atoms with van der Waals surface area (Å²) in [5.74, 6) is -0.110. The number of ether oxygens (including phenoxy) is 2. The Hall–Kier alpha value is -3.15. The van der Waals surface area contributed by atoms with Gasteiger partial charge in [0.2, 0.25) is 5.95 Å². The van der Waals surface area contributed by atoms with Crippen LogP contribution in [0.4, 0.5) is 20.5 Å². The number of aromatic nitrogens is 9. The first-order valence-corrected chi connectivity index (χ1v) is 17.3. The molecule has 10 atom stereocenters. The highest BCUT2D eigenvalue weighted by molar-refractivity contribution is 8.07. The molecule has 21 nitrogen and oxygen atoms in total. The lowest BCUT2D eigenvalue weighted by Crippen LogP contribution is -2.34. The third-order valence-electron chi connectivity index (χ3n) is 7.27. The van der Waals surface area contributed by atoms with Crippen molar-refractivity contribution in [1.29, 1.82) is 0 Å². The monoisotopic (exact) mass is 709 g/mol. The molecule has 0 spiro atoms. The Labute approximate surface area is 259 Å². The predicted molar refractivity (Wildman–Crippen MR) is 150 cm³/mol. The van der Waals surface area contributed by atoms with Crippen LogP contribution in [-0.4, -0.2) is 104 Å². The van der Waals surface area contributed by atoms with Gasteiger partial charge in [0.1, 0.15) is 30.2 Å². The fourth-order valence-corrected chi connectivity index (χ4v) is 7.65. The average Bonchev–Trinajstić information content (AvgIpc) is 3.72. The van der Waals surface area contributed by atoms with E-state index in [1.807, 2.05) is 0 Å². The van der Waals surface area contributed by atoms with Crippen LogP contribution < -0.4 is 17.0 Å². The third-order valence-corrected chi connectivity index (χ3v) is 9.82. The van der Waals surface area contributed by atoms with Crippen LogP contribution in [0, 0.1) is 6.92 Å². The molecule has 3 saturated heterocycles. The molecule has 2 unspecified atom stereocenters. The van der Waals surface area contributed by atoms with Crippen LogP contribution in [0.3, 0.4) is 0 Å². The summed E-state index contributed by atoms with van der Waals surface area (Å²) < 4.78 is 79.4. The Morgan fingerprint density at radius 1 is 1.00 bits per heavy atom. The molecule has 0 saturated carbocycles. The number of imidazole rings is 1. The van der Waals surface area contributed by atoms with Crippen molar-refractivity contribution in [2.45, 2.75) is 56.1 Å². The maximum atomic E-state index is 16.0. The highest BCUT2D eigenvalue weighted by Gasteiger charge is 2.54. The van der Waals surface area contributed by atoms with Gasteiger partial charge in [0, 0.05) is 0 Å². The maximum absolute atomic E-state index is 16.0. The first kappa shape index (κ1) is 31.4. The molecule has 0 aliphatic carbocycles. The smallest absolute Gasteiger partial charge is 0.382 e. The number of aromatic amines is 1. The topological polar surface area (TPSA) is 285 Å². The summed E-state index contributed by atoms with van der Waals surface area (Å²) in [7, 11) is -5.18. The van der Waals surface area contributed by atoms with Crippen LogP contribution in [0.2, 0.25) is 0 Å². The zero-order valence-electron chi connectivity index (χ0n) is 23.1. The van der Waals surface area contributed by atoms with Gasteiger partial charge < -0.3 is 35.3 Å². The molecule has 248 valence electrons. The van der Waals surface area contributed by atoms with Gasteiger partial charge in [-0.15, -0.1) is 5.10 Å². The molecule has 0 radical (unpaired) electrons. The predicted octanol–water partition coefficient (Wildman–Crippen LogP) is -0.567. The number of phosphoric acid groups is 1. The summed E-state index contributed by atoms with van der Waals surface area (Å²) in [4.78, 5) is 52.2. The van der Waals surface area contributed by atoms with Gasteiger partial charge >= 0.3 is 14.5 Å². The van der Waals surface area contributed by atoms with E-state index in [0.29, 0.717) is 0 Å². The lowest BCUT2D eigenvalue weighted by molar-refractivity contribution is -0.0645. The van der Waals surface area contributed by atoms with Crippen LogP contribution >= 0.6 is 14.5 Å². The van der Waals surface area contributed by atoms with Crippen molar-refractivity contribution >= 4 is 60.4 Å². The molecule has 0 amide bonds. The van der Waals surface area contributed by atoms with E-state index in [2.05, 4.69) is 35.2 Å². The van der Waals surface area contributed by atoms with Gasteiger partial charge in [-0.2, -0.15) is 9.67 Å². The van der Waals surface area contributed by atoms with Gasteiger partial charge in [-0.3, -0.25) is 27.9 Å². The first-order chi connectivity index (χ1) is 21.7. The summed E-state index contributed by atoms with van der Waals surface area (Å²) in [6.07, 6.45) is -13.3. The minimum atomic E-state index is -5.18. The molecule has 0 aromatic carbocycles. The number of hydrogen-bond acceptors (Lipinski definition) is 17. The van der Waals surface area contributed by atoms with Crippen molar-refractivity contribution < 1.29 is 50.7 Å². The Kier molecular flexibility index (Phi) is 7.68. The van der Waals surface area contributed by atoms with E-state index in [-0.39, 0.29) is 39.9 Å². The Bertz CT molecular complexity index is 2000. The Morgan fingerprint density at radius 2 is 1.74 bits per heavy atom. The molecule has 4 aromatic heterocycles. The molecular formula is C20H23F2N11O10P2S. The van der Waals surface area contributed by atoms with Crippen LogP contribution in [0.25, 0.3) is 22.3 Å². The summed E-state index contributed by atoms with van der Waals surface area (Å²) in [5, 5.41) is 7.71. The molecule has 7 N–H and O–H groups in total. The van der Waals surface area contributed by atoms with E-state index in [4.69, 9.17) is 50.8 Å². The molecule has 3 aliphatic rings. The molecule has 7 heterocycles. The van der Waals surface area contributed by atoms with E-state index < -0.39 is 82.5 Å². The number of alkyl halides is 2. The van der Waals surface area contributed by atoms with Gasteiger partial charge in [-0.05, 0) is 18.7 Å². The van der Waals surface area contributed by atoms with Crippen LogP contribution in [0.5, 0.6) is 0 Å². The van der Waals surface area contributed by atoms with E-state index in [1.54, 1.807) is 0 Å². The molecule has 4 aromatic rings. The zero-order chi connectivity index (χ0) is 32.7. The molecular weight excluding hydrogens is 686 g/mol. The zero-order valence-corrected chi connectivity index (χ0v) is 25.7. The van der Waals surface area contributed by atoms with Crippen LogP contribution in [-0.2, 0) is 43.9 Å². The second-order valence-electron chi connectivity index (χ2n) is 10.3. The fraction of sp³-hybridized carbons (Fsp3) is 0.550. The Balaban J connectivity index is 1.21. The number of phosphoric ester groups is 1. The fourth-order valence-electron chi connectivity index (χ4n) is 5.29. The van der Waals surface area contributed by atoms with Crippen molar-refractivity contribution in [3.8, 4) is 0 Å². The summed E-state index contributed by atoms with van der Waals surface area (Å²) >= 11 is 5.13. The molecule has 3 fully saturated rings. The highest BCUT2D eigenvalue weighted by Crippen LogP contribution is 2.54. The maximum Gasteiger partial charge on any atom is 0.472 e. The van der Waals surface area contributed by atoms with Crippen molar-refractivity contribution in [2.75, 3.05) is 24.7 Å². The SMILES string of the molecule is Cc1nc(N)c2nnn([C@@H]3O[C@@H]4COP(O)(=S)O[C@@H]5[C@H](F)[C@@H](COP(=O)(O)O[C@H]4[C@@H]3F)O[C@H]5n3cnc4c(=O)[nH]c(N)nc43)c2n1. The minimum absolute atomic E-state index is 0.00886. The van der Waals surface area contributed by atoms with E-state index in [9.17, 15) is 19.1 Å². The number of H-pyrrole nitrogens is 1. The number of nitrogens with two attached hydrogens (primary N) is 2. The molecule has 2 bridgehead atoms. The number of fused-ring (bicyclic) bond motifs is 5. The van der Waals surface area contributed by atoms with E-state index >= 15 is 8.78 Å². The van der Waals surface area contributed by atoms with Gasteiger partial charge in [0.15, 0.2) is 52.9 Å². The van der Waals surface area contributed by atoms with Gasteiger partial charge in [-0.25, -0.2) is 28.3 Å². The largest absolute Gasteiger partial charge is 0.472 e. The summed E-state index contributed by atoms with van der Waals surface area (Å²) in [6.45, 7) is -4.60. The molecule has 3 aliphatic heterocycles. The van der Waals surface area contributed by atoms with Crippen LogP contribution in [0.15, 0.2) is 11.1 Å². The Morgan fingerprint density at radius 3 is 2.52 bits per heavy atom. The van der Waals surface area contributed by atoms with Gasteiger partial charge in [0.05, 0.1) is 19.5 Å². The lowest BCUT2D eigenvalue weighted by Gasteiger charge is -2.27. The number of anilines is 2. The standard InChI is InChI=1S/C20H23F2N11O10P2S/c1-5-26-14(23)10-16(27-5)33(31-30-10)18-9(22)12-7(41-18)3-39-45(37,46)43-13-8(21)6(2-38-44(35,36)42-12)40-19(13)32-4-25-11-15(32)28-20(24)29-17(11)34/h4,6-9,12-13,18-19H,2-3H2,1H3,(H,35,36)(H,37,46)(H2,23,26,27)(H3,24,28,29,34)/t6-,7-,8-,9+,12-,13-,18-,19-,45?/m1/s1. The van der Waals surface area contributed by atoms with Crippen molar-refractivity contribution in [1.82, 2.24) is 44.5 Å². The second kappa shape index (κ2) is 11.2. The normalized spacial score (nSPS) is 37.2. The number of halogens is 2. The average molecular weight is 709 g/mol.